The zero-order valence-corrected chi connectivity index (χ0v) is 16.6. The van der Waals surface area contributed by atoms with E-state index in [1.165, 1.54) is 18.2 Å². The van der Waals surface area contributed by atoms with Crippen LogP contribution in [0.15, 0.2) is 65.6 Å². The number of pyridine rings is 1. The Morgan fingerprint density at radius 1 is 1.07 bits per heavy atom. The monoisotopic (exact) mass is 416 g/mol. The predicted molar refractivity (Wildman–Crippen MR) is 110 cm³/mol. The van der Waals surface area contributed by atoms with Crippen LogP contribution in [0.3, 0.4) is 0 Å². The van der Waals surface area contributed by atoms with Gasteiger partial charge >= 0.3 is 0 Å². The van der Waals surface area contributed by atoms with Crippen LogP contribution in [0.2, 0.25) is 10.0 Å². The maximum atomic E-state index is 12.3. The van der Waals surface area contributed by atoms with Crippen molar-refractivity contribution in [2.45, 2.75) is 13.2 Å². The van der Waals surface area contributed by atoms with Crippen LogP contribution in [0.5, 0.6) is 5.75 Å². The van der Waals surface area contributed by atoms with E-state index in [0.29, 0.717) is 27.9 Å². The first kappa shape index (κ1) is 20.0. The van der Waals surface area contributed by atoms with Gasteiger partial charge in [-0.05, 0) is 23.8 Å². The summed E-state index contributed by atoms with van der Waals surface area (Å²) in [6.07, 6.45) is 1.61. The molecule has 0 bridgehead atoms. The fourth-order valence-corrected chi connectivity index (χ4v) is 3.15. The largest absolute Gasteiger partial charge is 0.483 e. The highest BCUT2D eigenvalue weighted by Crippen LogP contribution is 2.19. The number of halogens is 2. The number of carbonyl (C=O) groups is 1. The Morgan fingerprint density at radius 3 is 2.43 bits per heavy atom. The van der Waals surface area contributed by atoms with E-state index in [1.807, 2.05) is 30.3 Å². The molecule has 0 unspecified atom stereocenters. The Kier molecular flexibility index (Phi) is 6.39. The van der Waals surface area contributed by atoms with Crippen LogP contribution in [0.1, 0.15) is 21.6 Å². The van der Waals surface area contributed by atoms with E-state index in [2.05, 4.69) is 5.32 Å². The highest BCUT2D eigenvalue weighted by molar-refractivity contribution is 6.35. The molecule has 5 nitrogen and oxygen atoms in total. The van der Waals surface area contributed by atoms with Crippen LogP contribution in [0.4, 0.5) is 0 Å². The number of nitrogens with zero attached hydrogens (tertiary/aromatic N) is 1. The van der Waals surface area contributed by atoms with Gasteiger partial charge in [0.15, 0.2) is 5.75 Å². The molecule has 0 saturated heterocycles. The van der Waals surface area contributed by atoms with Crippen molar-refractivity contribution in [3.8, 4) is 5.75 Å². The van der Waals surface area contributed by atoms with Crippen molar-refractivity contribution in [2.75, 3.05) is 0 Å². The van der Waals surface area contributed by atoms with Crippen LogP contribution in [-0.4, -0.2) is 10.5 Å². The third kappa shape index (κ3) is 5.15. The van der Waals surface area contributed by atoms with E-state index in [4.69, 9.17) is 27.9 Å². The fraction of sp³-hybridized carbons (Fsp3) is 0.143. The summed E-state index contributed by atoms with van der Waals surface area (Å²) in [5.41, 5.74) is 1.72. The van der Waals surface area contributed by atoms with E-state index in [9.17, 15) is 9.59 Å². The zero-order chi connectivity index (χ0) is 20.1. The molecule has 0 saturated carbocycles. The minimum absolute atomic E-state index is 0.174. The standard InChI is InChI=1S/C21H18Cl2N2O3/c1-25-12-20(28-13-14-5-3-2-4-6-14)19(26)10-18(25)11-24-21(27)15-7-16(22)9-17(23)8-15/h2-10,12H,11,13H2,1H3,(H,24,27). The van der Waals surface area contributed by atoms with Crippen LogP contribution in [-0.2, 0) is 20.2 Å². The third-order valence-corrected chi connectivity index (χ3v) is 4.53. The van der Waals surface area contributed by atoms with Crippen LogP contribution in [0, 0.1) is 0 Å². The molecule has 1 N–H and O–H groups in total. The molecule has 0 aliphatic heterocycles. The van der Waals surface area contributed by atoms with Gasteiger partial charge in [0.05, 0.1) is 12.7 Å². The number of rotatable bonds is 6. The van der Waals surface area contributed by atoms with Gasteiger partial charge in [0.2, 0.25) is 5.43 Å². The Hall–Kier alpha value is -2.76. The minimum Gasteiger partial charge on any atom is -0.483 e. The Labute approximate surface area is 172 Å². The number of aryl methyl sites for hydroxylation is 1. The normalized spacial score (nSPS) is 10.5. The van der Waals surface area contributed by atoms with Gasteiger partial charge in [-0.1, -0.05) is 53.5 Å². The van der Waals surface area contributed by atoms with Crippen molar-refractivity contribution in [3.05, 3.63) is 97.9 Å². The van der Waals surface area contributed by atoms with Gasteiger partial charge in [-0.2, -0.15) is 0 Å². The van der Waals surface area contributed by atoms with Crippen molar-refractivity contribution in [2.24, 2.45) is 7.05 Å². The molecule has 144 valence electrons. The summed E-state index contributed by atoms with van der Waals surface area (Å²) >= 11 is 11.8. The molecule has 1 amide bonds. The van der Waals surface area contributed by atoms with Crippen molar-refractivity contribution in [1.29, 1.82) is 0 Å². The average molecular weight is 417 g/mol. The second kappa shape index (κ2) is 8.95. The molecule has 0 spiro atoms. The van der Waals surface area contributed by atoms with Crippen molar-refractivity contribution >= 4 is 29.1 Å². The first-order chi connectivity index (χ1) is 13.4. The molecule has 0 atom stereocenters. The van der Waals surface area contributed by atoms with E-state index in [0.717, 1.165) is 5.56 Å². The number of ether oxygens (including phenoxy) is 1. The summed E-state index contributed by atoms with van der Waals surface area (Å²) in [7, 11) is 1.78. The molecule has 3 aromatic rings. The molecule has 1 aromatic heterocycles. The SMILES string of the molecule is Cn1cc(OCc2ccccc2)c(=O)cc1CNC(=O)c1cc(Cl)cc(Cl)c1. The zero-order valence-electron chi connectivity index (χ0n) is 15.1. The lowest BCUT2D eigenvalue weighted by atomic mass is 10.2. The number of aromatic nitrogens is 1. The number of benzene rings is 2. The summed E-state index contributed by atoms with van der Waals surface area (Å²) in [5, 5.41) is 3.52. The van der Waals surface area contributed by atoms with Gasteiger partial charge < -0.3 is 14.6 Å². The predicted octanol–water partition coefficient (Wildman–Crippen LogP) is 4.20. The molecule has 2 aromatic carbocycles. The van der Waals surface area contributed by atoms with Crippen LogP contribution >= 0.6 is 23.2 Å². The second-order valence-corrected chi connectivity index (χ2v) is 7.09. The summed E-state index contributed by atoms with van der Waals surface area (Å²) in [6.45, 7) is 0.482. The van der Waals surface area contributed by atoms with E-state index in [1.54, 1.807) is 23.9 Å². The number of hydrogen-bond donors (Lipinski definition) is 1. The van der Waals surface area contributed by atoms with Crippen molar-refractivity contribution in [1.82, 2.24) is 9.88 Å². The summed E-state index contributed by atoms with van der Waals surface area (Å²) in [5.74, 6) is -0.0793. The lowest BCUT2D eigenvalue weighted by molar-refractivity contribution is 0.0950. The topological polar surface area (TPSA) is 60.3 Å². The molecule has 0 radical (unpaired) electrons. The van der Waals surface area contributed by atoms with E-state index >= 15 is 0 Å². The first-order valence-electron chi connectivity index (χ1n) is 8.53. The first-order valence-corrected chi connectivity index (χ1v) is 9.28. The minimum atomic E-state index is -0.332. The van der Waals surface area contributed by atoms with Gasteiger partial charge in [0.25, 0.3) is 5.91 Å². The van der Waals surface area contributed by atoms with Crippen molar-refractivity contribution < 1.29 is 9.53 Å². The van der Waals surface area contributed by atoms with Gasteiger partial charge in [-0.15, -0.1) is 0 Å². The van der Waals surface area contributed by atoms with Crippen molar-refractivity contribution in [3.63, 3.8) is 0 Å². The maximum Gasteiger partial charge on any atom is 0.251 e. The Morgan fingerprint density at radius 2 is 1.75 bits per heavy atom. The number of hydrogen-bond acceptors (Lipinski definition) is 3. The Bertz CT molecular complexity index is 1030. The lowest BCUT2D eigenvalue weighted by Gasteiger charge is -2.13. The molecular weight excluding hydrogens is 399 g/mol. The molecule has 0 fully saturated rings. The molecule has 0 aliphatic rings. The summed E-state index contributed by atoms with van der Waals surface area (Å²) < 4.78 is 7.37. The molecule has 0 aliphatic carbocycles. The van der Waals surface area contributed by atoms with Gasteiger partial charge in [0, 0.05) is 34.4 Å². The highest BCUT2D eigenvalue weighted by atomic mass is 35.5. The smallest absolute Gasteiger partial charge is 0.251 e. The summed E-state index contributed by atoms with van der Waals surface area (Å²) in [4.78, 5) is 24.6. The highest BCUT2D eigenvalue weighted by Gasteiger charge is 2.10. The van der Waals surface area contributed by atoms with E-state index < -0.39 is 0 Å². The molecular formula is C21H18Cl2N2O3. The van der Waals surface area contributed by atoms with Crippen LogP contribution in [0.25, 0.3) is 0 Å². The summed E-state index contributed by atoms with van der Waals surface area (Å²) in [6, 6.07) is 15.7. The molecule has 28 heavy (non-hydrogen) atoms. The Balaban J connectivity index is 1.67. The quantitative estimate of drug-likeness (QED) is 0.654. The second-order valence-electron chi connectivity index (χ2n) is 6.22. The van der Waals surface area contributed by atoms with E-state index in [-0.39, 0.29) is 23.6 Å². The molecule has 3 rings (SSSR count). The third-order valence-electron chi connectivity index (χ3n) is 4.10. The van der Waals surface area contributed by atoms with Gasteiger partial charge in [0.1, 0.15) is 6.61 Å². The van der Waals surface area contributed by atoms with Gasteiger partial charge in [-0.25, -0.2) is 0 Å². The number of amides is 1. The molecule has 7 heteroatoms. The molecule has 1 heterocycles. The fourth-order valence-electron chi connectivity index (χ4n) is 2.62. The average Bonchev–Trinajstić information content (AvgIpc) is 2.67. The lowest BCUT2D eigenvalue weighted by Crippen LogP contribution is -2.25. The van der Waals surface area contributed by atoms with Gasteiger partial charge in [-0.3, -0.25) is 9.59 Å². The van der Waals surface area contributed by atoms with Crippen LogP contribution < -0.4 is 15.5 Å². The number of nitrogens with one attached hydrogen (secondary N) is 1. The maximum absolute atomic E-state index is 12.3. The number of carbonyl (C=O) groups excluding carboxylic acids is 1.